The molecule has 1 heterocycles. The molecule has 34 heavy (non-hydrogen) atoms. The Morgan fingerprint density at radius 3 is 2.79 bits per heavy atom. The number of rotatable bonds is 8. The summed E-state index contributed by atoms with van der Waals surface area (Å²) in [5.74, 6) is -0.733. The Bertz CT molecular complexity index is 1190. The Labute approximate surface area is 198 Å². The first-order valence-electron chi connectivity index (χ1n) is 11.5. The van der Waals surface area contributed by atoms with Crippen LogP contribution in [-0.2, 0) is 21.4 Å². The highest BCUT2D eigenvalue weighted by molar-refractivity contribution is 5.98. The molecule has 2 aromatic carbocycles. The summed E-state index contributed by atoms with van der Waals surface area (Å²) < 4.78 is 5.81. The summed E-state index contributed by atoms with van der Waals surface area (Å²) in [5.41, 5.74) is 2.82. The van der Waals surface area contributed by atoms with Crippen LogP contribution in [0.2, 0.25) is 0 Å². The monoisotopic (exact) mass is 461 g/mol. The molecule has 2 amide bonds. The number of carboxylic acids is 1. The van der Waals surface area contributed by atoms with Crippen molar-refractivity contribution in [3.05, 3.63) is 64.5 Å². The van der Waals surface area contributed by atoms with Crippen LogP contribution in [-0.4, -0.2) is 36.0 Å². The summed E-state index contributed by atoms with van der Waals surface area (Å²) in [6.45, 7) is 10.2. The zero-order valence-electron chi connectivity index (χ0n) is 19.0. The van der Waals surface area contributed by atoms with Gasteiger partial charge in [-0.05, 0) is 62.4 Å². The minimum absolute atomic E-state index is 0.0361. The number of nitrogens with zero attached hydrogens (tertiary/aromatic N) is 1. The molecule has 0 saturated heterocycles. The Morgan fingerprint density at radius 1 is 1.24 bits per heavy atom. The van der Waals surface area contributed by atoms with Crippen LogP contribution in [0.15, 0.2) is 36.4 Å². The van der Waals surface area contributed by atoms with Gasteiger partial charge in [0.15, 0.2) is 5.69 Å². The Kier molecular flexibility index (Phi) is 6.55. The maximum atomic E-state index is 13.3. The molecule has 0 aromatic heterocycles. The summed E-state index contributed by atoms with van der Waals surface area (Å²) in [5, 5.41) is 14.7. The lowest BCUT2D eigenvalue weighted by atomic mass is 9.86. The van der Waals surface area contributed by atoms with E-state index in [1.165, 1.54) is 0 Å². The molecule has 2 atom stereocenters. The zero-order valence-corrected chi connectivity index (χ0v) is 19.0. The van der Waals surface area contributed by atoms with Gasteiger partial charge in [0.05, 0.1) is 13.2 Å². The van der Waals surface area contributed by atoms with Gasteiger partial charge in [-0.25, -0.2) is 4.85 Å². The van der Waals surface area contributed by atoms with E-state index in [1.54, 1.807) is 30.3 Å². The predicted molar refractivity (Wildman–Crippen MR) is 126 cm³/mol. The van der Waals surface area contributed by atoms with Gasteiger partial charge in [-0.1, -0.05) is 12.1 Å². The minimum Gasteiger partial charge on any atom is -0.493 e. The molecule has 1 aliphatic heterocycles. The number of aryl methyl sites for hydroxylation is 1. The summed E-state index contributed by atoms with van der Waals surface area (Å²) in [6, 6.07) is 10.5. The third kappa shape index (κ3) is 4.60. The Morgan fingerprint density at radius 2 is 2.06 bits per heavy atom. The number of ether oxygens (including phenoxy) is 1. The van der Waals surface area contributed by atoms with E-state index in [0.717, 1.165) is 11.1 Å². The second-order valence-electron chi connectivity index (χ2n) is 8.77. The molecule has 3 N–H and O–H groups in total. The minimum atomic E-state index is -0.867. The lowest BCUT2D eigenvalue weighted by Gasteiger charge is -2.27. The first-order valence-corrected chi connectivity index (χ1v) is 11.5. The summed E-state index contributed by atoms with van der Waals surface area (Å²) in [4.78, 5) is 40.0. The molecule has 8 heteroatoms. The first kappa shape index (κ1) is 23.3. The van der Waals surface area contributed by atoms with Gasteiger partial charge in [-0.15, -0.1) is 0 Å². The van der Waals surface area contributed by atoms with Gasteiger partial charge in [-0.2, -0.15) is 0 Å². The fourth-order valence-corrected chi connectivity index (χ4v) is 4.77. The van der Waals surface area contributed by atoms with E-state index in [0.29, 0.717) is 61.5 Å². The van der Waals surface area contributed by atoms with Crippen molar-refractivity contribution in [1.82, 2.24) is 5.32 Å². The number of fused-ring (bicyclic) bond motifs is 2. The van der Waals surface area contributed by atoms with Crippen molar-refractivity contribution in [3.8, 4) is 5.75 Å². The quantitative estimate of drug-likeness (QED) is 0.514. The number of carbonyl (C=O) groups excluding carboxylic acids is 2. The van der Waals surface area contributed by atoms with Gasteiger partial charge in [-0.3, -0.25) is 14.4 Å². The van der Waals surface area contributed by atoms with Gasteiger partial charge in [0.2, 0.25) is 5.91 Å². The van der Waals surface area contributed by atoms with Crippen LogP contribution in [0, 0.1) is 12.5 Å². The van der Waals surface area contributed by atoms with Crippen molar-refractivity contribution in [1.29, 1.82) is 0 Å². The van der Waals surface area contributed by atoms with E-state index in [1.807, 2.05) is 13.0 Å². The Hall–Kier alpha value is -3.86. The van der Waals surface area contributed by atoms with Crippen molar-refractivity contribution in [2.24, 2.45) is 5.92 Å². The van der Waals surface area contributed by atoms with E-state index in [4.69, 9.17) is 16.4 Å². The van der Waals surface area contributed by atoms with Crippen LogP contribution in [0.5, 0.6) is 5.75 Å². The van der Waals surface area contributed by atoms with Crippen LogP contribution >= 0.6 is 0 Å². The van der Waals surface area contributed by atoms with E-state index >= 15 is 0 Å². The number of carbonyl (C=O) groups is 3. The lowest BCUT2D eigenvalue weighted by molar-refractivity contribution is -0.137. The van der Waals surface area contributed by atoms with Crippen molar-refractivity contribution in [3.63, 3.8) is 0 Å². The molecule has 2 aliphatic rings. The maximum absolute atomic E-state index is 13.3. The van der Waals surface area contributed by atoms with Gasteiger partial charge < -0.3 is 20.5 Å². The molecular weight excluding hydrogens is 434 g/mol. The molecule has 0 radical (unpaired) electrons. The number of hydrogen-bond acceptors (Lipinski definition) is 4. The normalized spacial score (nSPS) is 19.9. The number of nitrogens with one attached hydrogen (secondary N) is 2. The van der Waals surface area contributed by atoms with Gasteiger partial charge in [0, 0.05) is 41.1 Å². The fourth-order valence-electron chi connectivity index (χ4n) is 4.77. The average Bonchev–Trinajstić information content (AvgIpc) is 3.54. The molecule has 1 aliphatic carbocycles. The third-order valence-electron chi connectivity index (χ3n) is 6.63. The summed E-state index contributed by atoms with van der Waals surface area (Å²) in [6.07, 6.45) is 2.31. The number of carboxylic acid groups (broad SMARTS) is 1. The smallest absolute Gasteiger partial charge is 0.303 e. The van der Waals surface area contributed by atoms with E-state index in [2.05, 4.69) is 15.5 Å². The highest BCUT2D eigenvalue weighted by Gasteiger charge is 2.61. The third-order valence-corrected chi connectivity index (χ3v) is 6.63. The SMILES string of the molecule is [C-]#[N+]c1ccc(CCCC(=O)O)c(NC(=O)[C@@H]2C[C@]23CCOc2ccc(C(=O)NCC)cc23)c1. The van der Waals surface area contributed by atoms with Crippen LogP contribution in [0.4, 0.5) is 11.4 Å². The largest absolute Gasteiger partial charge is 0.493 e. The molecular formula is C26H27N3O5. The average molecular weight is 462 g/mol. The second kappa shape index (κ2) is 9.56. The summed E-state index contributed by atoms with van der Waals surface area (Å²) in [7, 11) is 0. The highest BCUT2D eigenvalue weighted by atomic mass is 16.5. The highest BCUT2D eigenvalue weighted by Crippen LogP contribution is 2.61. The fraction of sp³-hybridized carbons (Fsp3) is 0.385. The van der Waals surface area contributed by atoms with Crippen molar-refractivity contribution < 1.29 is 24.2 Å². The van der Waals surface area contributed by atoms with Crippen LogP contribution in [0.1, 0.15) is 54.1 Å². The zero-order chi connectivity index (χ0) is 24.3. The maximum Gasteiger partial charge on any atom is 0.303 e. The molecule has 4 rings (SSSR count). The van der Waals surface area contributed by atoms with Gasteiger partial charge in [0.25, 0.3) is 5.91 Å². The number of aliphatic carboxylic acids is 1. The topological polar surface area (TPSA) is 109 Å². The number of anilines is 1. The predicted octanol–water partition coefficient (Wildman–Crippen LogP) is 4.07. The van der Waals surface area contributed by atoms with Gasteiger partial charge in [0.1, 0.15) is 5.75 Å². The molecule has 0 bridgehead atoms. The van der Waals surface area contributed by atoms with Crippen LogP contribution < -0.4 is 15.4 Å². The molecule has 176 valence electrons. The van der Waals surface area contributed by atoms with Crippen LogP contribution in [0.3, 0.4) is 0 Å². The van der Waals surface area contributed by atoms with Gasteiger partial charge >= 0.3 is 5.97 Å². The molecule has 0 unspecified atom stereocenters. The van der Waals surface area contributed by atoms with E-state index < -0.39 is 5.97 Å². The van der Waals surface area contributed by atoms with Crippen molar-refractivity contribution in [2.75, 3.05) is 18.5 Å². The van der Waals surface area contributed by atoms with Crippen LogP contribution in [0.25, 0.3) is 4.85 Å². The number of hydrogen-bond donors (Lipinski definition) is 3. The molecule has 1 spiro atoms. The van der Waals surface area contributed by atoms with E-state index in [-0.39, 0.29) is 29.6 Å². The standard InChI is InChI=1S/C26H27N3O5/c1-3-28-24(32)17-8-10-22-19(13-17)26(11-12-34-22)15-20(26)25(33)29-21-14-18(27-2)9-7-16(21)5-4-6-23(30)31/h7-10,13-14,20H,3-6,11-12,15H2,1H3,(H,28,32)(H,29,33)(H,30,31)/t20-,26-/m0/s1. The summed E-state index contributed by atoms with van der Waals surface area (Å²) >= 11 is 0. The molecule has 1 saturated carbocycles. The second-order valence-corrected chi connectivity index (χ2v) is 8.77. The van der Waals surface area contributed by atoms with Crippen molar-refractivity contribution in [2.45, 2.75) is 44.4 Å². The Balaban J connectivity index is 1.55. The lowest BCUT2D eigenvalue weighted by Crippen LogP contribution is -2.28. The first-order chi connectivity index (χ1) is 16.4. The van der Waals surface area contributed by atoms with E-state index in [9.17, 15) is 14.4 Å². The molecule has 2 aromatic rings. The molecule has 1 fully saturated rings. The number of benzene rings is 2. The van der Waals surface area contributed by atoms with Crippen molar-refractivity contribution >= 4 is 29.2 Å². The molecule has 8 nitrogen and oxygen atoms in total. The number of amides is 2.